The SMILES string of the molecule is C=CC=C(C=CC)S(=O)(=O)Nc1cccc(Oc2ccc(C#N)cc2)c1. The smallest absolute Gasteiger partial charge is 0.261 e. The second-order valence-electron chi connectivity index (χ2n) is 5.18. The first kappa shape index (κ1) is 19.0. The van der Waals surface area contributed by atoms with Crippen molar-refractivity contribution in [2.45, 2.75) is 6.92 Å². The van der Waals surface area contributed by atoms with E-state index < -0.39 is 10.0 Å². The molecule has 0 radical (unpaired) electrons. The molecule has 0 aliphatic rings. The summed E-state index contributed by atoms with van der Waals surface area (Å²) < 4.78 is 33.2. The molecule has 0 heterocycles. The molecular formula is C20H18N2O3S. The first-order valence-electron chi connectivity index (χ1n) is 7.75. The first-order valence-corrected chi connectivity index (χ1v) is 9.23. The zero-order valence-corrected chi connectivity index (χ0v) is 15.0. The minimum atomic E-state index is -3.74. The summed E-state index contributed by atoms with van der Waals surface area (Å²) in [5.41, 5.74) is 0.903. The van der Waals surface area contributed by atoms with Crippen LogP contribution in [0, 0.1) is 11.3 Å². The van der Waals surface area contributed by atoms with Crippen LogP contribution < -0.4 is 9.46 Å². The topological polar surface area (TPSA) is 79.2 Å². The van der Waals surface area contributed by atoms with Gasteiger partial charge in [-0.05, 0) is 55.5 Å². The number of hydrogen-bond donors (Lipinski definition) is 1. The normalized spacial score (nSPS) is 11.8. The fourth-order valence-electron chi connectivity index (χ4n) is 2.09. The minimum absolute atomic E-state index is 0.105. The molecule has 1 N–H and O–H groups in total. The van der Waals surface area contributed by atoms with E-state index >= 15 is 0 Å². The fraction of sp³-hybridized carbons (Fsp3) is 0.0500. The molecule has 2 rings (SSSR count). The van der Waals surface area contributed by atoms with Crippen molar-refractivity contribution < 1.29 is 13.2 Å². The number of sulfonamides is 1. The molecule has 0 aromatic heterocycles. The maximum Gasteiger partial charge on any atom is 0.261 e. The second kappa shape index (κ2) is 8.70. The van der Waals surface area contributed by atoms with Gasteiger partial charge in [-0.25, -0.2) is 8.42 Å². The number of nitrogens with one attached hydrogen (secondary N) is 1. The molecule has 0 amide bonds. The molecule has 0 spiro atoms. The van der Waals surface area contributed by atoms with E-state index in [9.17, 15) is 8.42 Å². The molecule has 6 heteroatoms. The summed E-state index contributed by atoms with van der Waals surface area (Å²) in [7, 11) is -3.74. The van der Waals surface area contributed by atoms with Crippen LogP contribution in [0.2, 0.25) is 0 Å². The molecule has 2 aromatic rings. The predicted octanol–water partition coefficient (Wildman–Crippen LogP) is 4.74. The zero-order chi connectivity index (χ0) is 19.0. The van der Waals surface area contributed by atoms with Crippen LogP contribution in [-0.4, -0.2) is 8.42 Å². The van der Waals surface area contributed by atoms with E-state index in [1.807, 2.05) is 6.07 Å². The summed E-state index contributed by atoms with van der Waals surface area (Å²) in [6.45, 7) is 5.27. The van der Waals surface area contributed by atoms with Gasteiger partial charge in [0.2, 0.25) is 0 Å². The van der Waals surface area contributed by atoms with E-state index in [2.05, 4.69) is 11.3 Å². The highest BCUT2D eigenvalue weighted by molar-refractivity contribution is 7.96. The van der Waals surface area contributed by atoms with Crippen LogP contribution in [0.1, 0.15) is 12.5 Å². The van der Waals surface area contributed by atoms with Crippen LogP contribution in [0.15, 0.2) is 84.3 Å². The van der Waals surface area contributed by atoms with Gasteiger partial charge in [0.1, 0.15) is 11.5 Å². The lowest BCUT2D eigenvalue weighted by Crippen LogP contribution is -2.14. The van der Waals surface area contributed by atoms with Gasteiger partial charge < -0.3 is 4.74 Å². The molecule has 0 bridgehead atoms. The largest absolute Gasteiger partial charge is 0.457 e. The number of nitrogens with zero attached hydrogens (tertiary/aromatic N) is 1. The Hall–Kier alpha value is -3.30. The highest BCUT2D eigenvalue weighted by atomic mass is 32.2. The van der Waals surface area contributed by atoms with E-state index in [-0.39, 0.29) is 4.91 Å². The van der Waals surface area contributed by atoms with Crippen molar-refractivity contribution in [3.05, 3.63) is 89.9 Å². The van der Waals surface area contributed by atoms with Gasteiger partial charge in [-0.3, -0.25) is 4.72 Å². The van der Waals surface area contributed by atoms with Crippen molar-refractivity contribution >= 4 is 15.7 Å². The van der Waals surface area contributed by atoms with E-state index in [0.717, 1.165) is 0 Å². The standard InChI is InChI=1S/C20H18N2O3S/c1-3-6-20(7-4-2)26(23,24)22-17-8-5-9-19(14-17)25-18-12-10-16(15-21)11-13-18/h3-14,22H,1H2,2H3. The lowest BCUT2D eigenvalue weighted by molar-refractivity contribution is 0.483. The summed E-state index contributed by atoms with van der Waals surface area (Å²) >= 11 is 0. The number of allylic oxidation sites excluding steroid dienone is 4. The van der Waals surface area contributed by atoms with Crippen molar-refractivity contribution in [3.63, 3.8) is 0 Å². The lowest BCUT2D eigenvalue weighted by Gasteiger charge is -2.11. The Morgan fingerprint density at radius 3 is 2.54 bits per heavy atom. The Labute approximate surface area is 153 Å². The van der Waals surface area contributed by atoms with Gasteiger partial charge in [-0.15, -0.1) is 0 Å². The van der Waals surface area contributed by atoms with Crippen LogP contribution in [0.25, 0.3) is 0 Å². The number of ether oxygens (including phenoxy) is 1. The van der Waals surface area contributed by atoms with Crippen LogP contribution in [0.4, 0.5) is 5.69 Å². The third kappa shape index (κ3) is 5.10. The highest BCUT2D eigenvalue weighted by Gasteiger charge is 2.15. The fourth-order valence-corrected chi connectivity index (χ4v) is 3.23. The van der Waals surface area contributed by atoms with Crippen LogP contribution >= 0.6 is 0 Å². The second-order valence-corrected chi connectivity index (χ2v) is 6.86. The van der Waals surface area contributed by atoms with Crippen molar-refractivity contribution in [1.29, 1.82) is 5.26 Å². The van der Waals surface area contributed by atoms with Crippen molar-refractivity contribution in [1.82, 2.24) is 0 Å². The number of benzene rings is 2. The molecule has 0 atom stereocenters. The summed E-state index contributed by atoms with van der Waals surface area (Å²) in [6, 6.07) is 15.3. The molecule has 0 saturated carbocycles. The molecule has 0 unspecified atom stereocenters. The van der Waals surface area contributed by atoms with Crippen LogP contribution in [-0.2, 0) is 10.0 Å². The molecule has 2 aromatic carbocycles. The van der Waals surface area contributed by atoms with Gasteiger partial charge in [0.15, 0.2) is 0 Å². The molecule has 0 aliphatic heterocycles. The summed E-state index contributed by atoms with van der Waals surface area (Å²) in [6.07, 6.45) is 5.96. The van der Waals surface area contributed by atoms with Crippen molar-refractivity contribution in [2.24, 2.45) is 0 Å². The number of anilines is 1. The number of rotatable bonds is 7. The quantitative estimate of drug-likeness (QED) is 0.718. The monoisotopic (exact) mass is 366 g/mol. The highest BCUT2D eigenvalue weighted by Crippen LogP contribution is 2.25. The molecular weight excluding hydrogens is 348 g/mol. The van der Waals surface area contributed by atoms with Crippen LogP contribution in [0.3, 0.4) is 0 Å². The maximum absolute atomic E-state index is 12.5. The number of hydrogen-bond acceptors (Lipinski definition) is 4. The summed E-state index contributed by atoms with van der Waals surface area (Å²) in [5.74, 6) is 1.01. The zero-order valence-electron chi connectivity index (χ0n) is 14.2. The van der Waals surface area contributed by atoms with E-state index in [1.165, 1.54) is 18.2 Å². The van der Waals surface area contributed by atoms with Gasteiger partial charge in [0, 0.05) is 6.07 Å². The van der Waals surface area contributed by atoms with Gasteiger partial charge >= 0.3 is 0 Å². The Kier molecular flexibility index (Phi) is 6.36. The van der Waals surface area contributed by atoms with E-state index in [1.54, 1.807) is 61.5 Å². The maximum atomic E-state index is 12.5. The third-order valence-electron chi connectivity index (χ3n) is 3.23. The average molecular weight is 366 g/mol. The van der Waals surface area contributed by atoms with Crippen LogP contribution in [0.5, 0.6) is 11.5 Å². The van der Waals surface area contributed by atoms with Gasteiger partial charge in [-0.1, -0.05) is 24.8 Å². The van der Waals surface area contributed by atoms with Gasteiger partial charge in [0.05, 0.1) is 22.2 Å². The van der Waals surface area contributed by atoms with Crippen molar-refractivity contribution in [2.75, 3.05) is 4.72 Å². The first-order chi connectivity index (χ1) is 12.5. The Morgan fingerprint density at radius 1 is 1.19 bits per heavy atom. The lowest BCUT2D eigenvalue weighted by atomic mass is 10.2. The predicted molar refractivity (Wildman–Crippen MR) is 103 cm³/mol. The number of nitriles is 1. The molecule has 0 fully saturated rings. The Morgan fingerprint density at radius 2 is 1.92 bits per heavy atom. The summed E-state index contributed by atoms with van der Waals surface area (Å²) in [4.78, 5) is 0.105. The molecule has 132 valence electrons. The Bertz CT molecular complexity index is 982. The molecule has 5 nitrogen and oxygen atoms in total. The third-order valence-corrected chi connectivity index (χ3v) is 4.63. The molecule has 0 saturated heterocycles. The van der Waals surface area contributed by atoms with Gasteiger partial charge in [-0.2, -0.15) is 5.26 Å². The summed E-state index contributed by atoms with van der Waals surface area (Å²) in [5, 5.41) is 8.81. The van der Waals surface area contributed by atoms with E-state index in [4.69, 9.17) is 10.00 Å². The molecule has 26 heavy (non-hydrogen) atoms. The molecule has 0 aliphatic carbocycles. The Balaban J connectivity index is 2.21. The minimum Gasteiger partial charge on any atom is -0.457 e. The van der Waals surface area contributed by atoms with E-state index in [0.29, 0.717) is 22.7 Å². The average Bonchev–Trinajstić information content (AvgIpc) is 2.62. The van der Waals surface area contributed by atoms with Crippen molar-refractivity contribution in [3.8, 4) is 17.6 Å². The van der Waals surface area contributed by atoms with Gasteiger partial charge in [0.25, 0.3) is 10.0 Å².